The maximum atomic E-state index is 10.8. The minimum Gasteiger partial charge on any atom is -0.396 e. The van der Waals surface area contributed by atoms with Crippen LogP contribution in [0, 0.1) is 5.92 Å². The fourth-order valence-electron chi connectivity index (χ4n) is 0.372. The highest BCUT2D eigenvalue weighted by Crippen LogP contribution is 1.94. The van der Waals surface area contributed by atoms with Crippen LogP contribution in [0.4, 0.5) is 0 Å². The monoisotopic (exact) mass is 245 g/mol. The van der Waals surface area contributed by atoms with E-state index in [9.17, 15) is 8.42 Å². The third kappa shape index (κ3) is 5.60. The summed E-state index contributed by atoms with van der Waals surface area (Å²) in [5.41, 5.74) is 0. The molecule has 0 radical (unpaired) electrons. The summed E-state index contributed by atoms with van der Waals surface area (Å²) in [6, 6.07) is 0. The van der Waals surface area contributed by atoms with Gasteiger partial charge in [0.1, 0.15) is 4.66 Å². The molecule has 6 heteroatoms. The molecule has 0 aromatic carbocycles. The van der Waals surface area contributed by atoms with Crippen LogP contribution in [0.2, 0.25) is 0 Å². The lowest BCUT2D eigenvalue weighted by Crippen LogP contribution is -2.30. The Balaban J connectivity index is 3.71. The van der Waals surface area contributed by atoms with Crippen LogP contribution >= 0.6 is 15.9 Å². The Labute approximate surface area is 75.2 Å². The van der Waals surface area contributed by atoms with E-state index in [-0.39, 0.29) is 23.7 Å². The van der Waals surface area contributed by atoms with Crippen LogP contribution < -0.4 is 4.72 Å². The van der Waals surface area contributed by atoms with Crippen molar-refractivity contribution in [1.29, 1.82) is 0 Å². The highest BCUT2D eigenvalue weighted by atomic mass is 79.9. The van der Waals surface area contributed by atoms with E-state index >= 15 is 0 Å². The number of hydrogen-bond donors (Lipinski definition) is 2. The van der Waals surface area contributed by atoms with Crippen molar-refractivity contribution in [2.24, 2.45) is 5.92 Å². The molecular weight excluding hydrogens is 234 g/mol. The predicted octanol–water partition coefficient (Wildman–Crippen LogP) is -0.113. The summed E-state index contributed by atoms with van der Waals surface area (Å²) in [6.07, 6.45) is 0. The lowest BCUT2D eigenvalue weighted by Gasteiger charge is -2.07. The van der Waals surface area contributed by atoms with Gasteiger partial charge in [0.05, 0.1) is 0 Å². The molecule has 0 heterocycles. The lowest BCUT2D eigenvalue weighted by atomic mass is 10.2. The zero-order valence-electron chi connectivity index (χ0n) is 6.25. The van der Waals surface area contributed by atoms with E-state index in [1.165, 1.54) is 0 Å². The van der Waals surface area contributed by atoms with Gasteiger partial charge in [-0.3, -0.25) is 0 Å². The summed E-state index contributed by atoms with van der Waals surface area (Å²) in [7, 11) is -3.17. The number of sulfonamides is 1. The van der Waals surface area contributed by atoms with Crippen molar-refractivity contribution in [3.05, 3.63) is 0 Å². The van der Waals surface area contributed by atoms with Crippen molar-refractivity contribution in [2.75, 3.05) is 17.8 Å². The van der Waals surface area contributed by atoms with Crippen molar-refractivity contribution < 1.29 is 13.5 Å². The van der Waals surface area contributed by atoms with Gasteiger partial charge >= 0.3 is 0 Å². The first-order chi connectivity index (χ1) is 5.02. The molecule has 4 nitrogen and oxygen atoms in total. The SMILES string of the molecule is CC(CO)CNS(=O)(=O)CBr. The van der Waals surface area contributed by atoms with Gasteiger partial charge in [0, 0.05) is 13.2 Å². The Morgan fingerprint density at radius 3 is 2.55 bits per heavy atom. The van der Waals surface area contributed by atoms with Crippen molar-refractivity contribution in [3.8, 4) is 0 Å². The molecule has 1 unspecified atom stereocenters. The number of alkyl halides is 1. The number of halogens is 1. The number of aliphatic hydroxyl groups excluding tert-OH is 1. The Kier molecular flexibility index (Phi) is 5.24. The van der Waals surface area contributed by atoms with Crippen molar-refractivity contribution in [1.82, 2.24) is 4.72 Å². The van der Waals surface area contributed by atoms with E-state index in [0.29, 0.717) is 0 Å². The van der Waals surface area contributed by atoms with Crippen molar-refractivity contribution in [2.45, 2.75) is 6.92 Å². The molecule has 0 fully saturated rings. The van der Waals surface area contributed by atoms with Gasteiger partial charge in [-0.15, -0.1) is 0 Å². The second-order valence-corrected chi connectivity index (χ2v) is 5.47. The summed E-state index contributed by atoms with van der Waals surface area (Å²) in [5.74, 6) is -0.0381. The van der Waals surface area contributed by atoms with Gasteiger partial charge < -0.3 is 5.11 Å². The number of nitrogens with one attached hydrogen (secondary N) is 1. The second kappa shape index (κ2) is 5.08. The molecule has 0 spiro atoms. The Hall–Kier alpha value is 0.350. The molecule has 0 bridgehead atoms. The molecule has 11 heavy (non-hydrogen) atoms. The first-order valence-electron chi connectivity index (χ1n) is 3.16. The highest BCUT2D eigenvalue weighted by Gasteiger charge is 2.08. The van der Waals surface area contributed by atoms with Gasteiger partial charge in [0.2, 0.25) is 10.0 Å². The van der Waals surface area contributed by atoms with E-state index in [0.717, 1.165) is 0 Å². The molecule has 0 aromatic rings. The molecule has 0 aromatic heterocycles. The largest absolute Gasteiger partial charge is 0.396 e. The molecular formula is C5H12BrNO3S. The van der Waals surface area contributed by atoms with Crippen LogP contribution in [0.3, 0.4) is 0 Å². The average Bonchev–Trinajstić information content (AvgIpc) is 2.00. The normalized spacial score (nSPS) is 14.8. The minimum absolute atomic E-state index is 0.00912. The quantitative estimate of drug-likeness (QED) is 0.665. The van der Waals surface area contributed by atoms with E-state index in [1.807, 2.05) is 0 Å². The van der Waals surface area contributed by atoms with Crippen molar-refractivity contribution >= 4 is 26.0 Å². The smallest absolute Gasteiger partial charge is 0.221 e. The van der Waals surface area contributed by atoms with E-state index in [4.69, 9.17) is 5.11 Å². The van der Waals surface area contributed by atoms with Gasteiger partial charge in [-0.05, 0) is 5.92 Å². The van der Waals surface area contributed by atoms with Gasteiger partial charge in [-0.2, -0.15) is 0 Å². The minimum atomic E-state index is -3.17. The fraction of sp³-hybridized carbons (Fsp3) is 1.00. The summed E-state index contributed by atoms with van der Waals surface area (Å²) in [5, 5.41) is 8.56. The van der Waals surface area contributed by atoms with Gasteiger partial charge in [0.15, 0.2) is 0 Å². The molecule has 0 saturated carbocycles. The fourth-order valence-corrected chi connectivity index (χ4v) is 1.47. The molecule has 1 atom stereocenters. The first kappa shape index (κ1) is 11.4. The molecule has 0 amide bonds. The Morgan fingerprint density at radius 1 is 1.64 bits per heavy atom. The van der Waals surface area contributed by atoms with Crippen molar-refractivity contribution in [3.63, 3.8) is 0 Å². The molecule has 2 N–H and O–H groups in total. The molecule has 0 aliphatic rings. The zero-order chi connectivity index (χ0) is 8.91. The van der Waals surface area contributed by atoms with Gasteiger partial charge in [-0.1, -0.05) is 22.9 Å². The van der Waals surface area contributed by atoms with Crippen LogP contribution in [0.1, 0.15) is 6.92 Å². The van der Waals surface area contributed by atoms with E-state index in [2.05, 4.69) is 20.7 Å². The standard InChI is InChI=1S/C5H12BrNO3S/c1-5(3-8)2-7-11(9,10)4-6/h5,7-8H,2-4H2,1H3. The maximum Gasteiger partial charge on any atom is 0.221 e. The highest BCUT2D eigenvalue weighted by molar-refractivity contribution is 9.10. The number of aliphatic hydroxyl groups is 1. The van der Waals surface area contributed by atoms with Crippen LogP contribution in [0.25, 0.3) is 0 Å². The predicted molar refractivity (Wildman–Crippen MR) is 47.0 cm³/mol. The zero-order valence-corrected chi connectivity index (χ0v) is 8.65. The summed E-state index contributed by atoms with van der Waals surface area (Å²) in [4.78, 5) is 0. The lowest BCUT2D eigenvalue weighted by molar-refractivity contribution is 0.238. The topological polar surface area (TPSA) is 66.4 Å². The summed E-state index contributed by atoms with van der Waals surface area (Å²) < 4.78 is 23.8. The third-order valence-electron chi connectivity index (χ3n) is 1.11. The molecule has 68 valence electrons. The Bertz CT molecular complexity index is 192. The Morgan fingerprint density at radius 2 is 2.18 bits per heavy atom. The first-order valence-corrected chi connectivity index (χ1v) is 5.93. The van der Waals surface area contributed by atoms with Crippen LogP contribution in [-0.2, 0) is 10.0 Å². The molecule has 0 rings (SSSR count). The summed E-state index contributed by atoms with van der Waals surface area (Å²) in [6.45, 7) is 2.03. The van der Waals surface area contributed by atoms with Gasteiger partial charge in [0.25, 0.3) is 0 Å². The van der Waals surface area contributed by atoms with Crippen LogP contribution in [0.15, 0.2) is 0 Å². The maximum absolute atomic E-state index is 10.8. The van der Waals surface area contributed by atoms with E-state index in [1.54, 1.807) is 6.92 Å². The third-order valence-corrected chi connectivity index (χ3v) is 3.81. The second-order valence-electron chi connectivity index (χ2n) is 2.36. The molecule has 0 aliphatic carbocycles. The molecule has 0 aliphatic heterocycles. The van der Waals surface area contributed by atoms with E-state index < -0.39 is 10.0 Å². The number of rotatable bonds is 5. The summed E-state index contributed by atoms with van der Waals surface area (Å²) >= 11 is 2.83. The van der Waals surface area contributed by atoms with Gasteiger partial charge in [-0.25, -0.2) is 13.1 Å². The van der Waals surface area contributed by atoms with Crippen LogP contribution in [-0.4, -0.2) is 31.3 Å². The number of hydrogen-bond acceptors (Lipinski definition) is 3. The average molecular weight is 246 g/mol. The van der Waals surface area contributed by atoms with Crippen LogP contribution in [0.5, 0.6) is 0 Å². The molecule has 0 saturated heterocycles.